The molecule has 1 saturated heterocycles. The van der Waals surface area contributed by atoms with Crippen LogP contribution in [0.3, 0.4) is 0 Å². The Hall–Kier alpha value is -2.18. The maximum absolute atomic E-state index is 12.0. The van der Waals surface area contributed by atoms with Gasteiger partial charge in [-0.2, -0.15) is 0 Å². The Labute approximate surface area is 103 Å². The number of imide groups is 1. The van der Waals surface area contributed by atoms with E-state index < -0.39 is 16.7 Å². The van der Waals surface area contributed by atoms with Crippen LogP contribution in [0.4, 0.5) is 5.88 Å². The molecule has 1 fully saturated rings. The first-order valence-corrected chi connectivity index (χ1v) is 5.68. The van der Waals surface area contributed by atoms with Crippen molar-refractivity contribution >= 4 is 17.7 Å². The first-order valence-electron chi connectivity index (χ1n) is 5.68. The first kappa shape index (κ1) is 12.3. The number of nitrogens with zero attached hydrogens (tertiary/aromatic N) is 2. The lowest BCUT2D eigenvalue weighted by Gasteiger charge is -2.16. The molecule has 1 aliphatic rings. The highest BCUT2D eigenvalue weighted by molar-refractivity contribution is 6.03. The van der Waals surface area contributed by atoms with Gasteiger partial charge < -0.3 is 4.42 Å². The summed E-state index contributed by atoms with van der Waals surface area (Å²) in [6.07, 6.45) is 2.74. The van der Waals surface area contributed by atoms with Crippen LogP contribution in [-0.2, 0) is 4.79 Å². The van der Waals surface area contributed by atoms with Crippen LogP contribution in [0, 0.1) is 10.1 Å². The molecule has 0 unspecified atom stereocenters. The van der Waals surface area contributed by atoms with E-state index in [1.165, 1.54) is 6.07 Å². The highest BCUT2D eigenvalue weighted by Crippen LogP contribution is 2.19. The van der Waals surface area contributed by atoms with Crippen molar-refractivity contribution in [3.8, 4) is 0 Å². The zero-order valence-electron chi connectivity index (χ0n) is 9.63. The SMILES string of the molecule is O=C1CCCCCN1C(=O)c1ccc([N+](=O)[O-])o1. The fourth-order valence-corrected chi connectivity index (χ4v) is 1.87. The van der Waals surface area contributed by atoms with E-state index >= 15 is 0 Å². The minimum absolute atomic E-state index is 0.169. The van der Waals surface area contributed by atoms with Gasteiger partial charge in [0.15, 0.2) is 5.76 Å². The molecule has 0 saturated carbocycles. The molecule has 2 amide bonds. The second kappa shape index (κ2) is 4.99. The molecule has 1 aromatic heterocycles. The van der Waals surface area contributed by atoms with Crippen LogP contribution in [-0.4, -0.2) is 28.2 Å². The summed E-state index contributed by atoms with van der Waals surface area (Å²) >= 11 is 0. The molecule has 0 radical (unpaired) electrons. The summed E-state index contributed by atoms with van der Waals surface area (Å²) in [5, 5.41) is 10.5. The summed E-state index contributed by atoms with van der Waals surface area (Å²) in [7, 11) is 0. The molecule has 7 nitrogen and oxygen atoms in total. The molecule has 0 spiro atoms. The minimum Gasteiger partial charge on any atom is -0.395 e. The first-order chi connectivity index (χ1) is 8.59. The van der Waals surface area contributed by atoms with Crippen molar-refractivity contribution in [3.05, 3.63) is 28.0 Å². The predicted octanol–water partition coefficient (Wildman–Crippen LogP) is 1.73. The molecular formula is C11H12N2O5. The fraction of sp³-hybridized carbons (Fsp3) is 0.455. The van der Waals surface area contributed by atoms with E-state index in [9.17, 15) is 19.7 Å². The molecule has 0 aromatic carbocycles. The van der Waals surface area contributed by atoms with Crippen LogP contribution in [0.2, 0.25) is 0 Å². The van der Waals surface area contributed by atoms with Crippen molar-refractivity contribution in [3.63, 3.8) is 0 Å². The molecule has 2 heterocycles. The third-order valence-corrected chi connectivity index (χ3v) is 2.80. The van der Waals surface area contributed by atoms with E-state index in [1.54, 1.807) is 0 Å². The van der Waals surface area contributed by atoms with Crippen LogP contribution in [0.1, 0.15) is 36.2 Å². The summed E-state index contributed by atoms with van der Waals surface area (Å²) in [5.41, 5.74) is 0. The molecular weight excluding hydrogens is 240 g/mol. The van der Waals surface area contributed by atoms with Crippen LogP contribution in [0.25, 0.3) is 0 Å². The molecule has 0 atom stereocenters. The number of carbonyl (C=O) groups is 2. The van der Waals surface area contributed by atoms with E-state index in [0.29, 0.717) is 13.0 Å². The van der Waals surface area contributed by atoms with Crippen LogP contribution < -0.4 is 0 Å². The van der Waals surface area contributed by atoms with Gasteiger partial charge >= 0.3 is 5.88 Å². The second-order valence-corrected chi connectivity index (χ2v) is 4.06. The average Bonchev–Trinajstić information content (AvgIpc) is 2.73. The van der Waals surface area contributed by atoms with Crippen molar-refractivity contribution in [2.45, 2.75) is 25.7 Å². The van der Waals surface area contributed by atoms with E-state index in [2.05, 4.69) is 0 Å². The Bertz CT molecular complexity index is 493. The molecule has 96 valence electrons. The molecule has 7 heteroatoms. The highest BCUT2D eigenvalue weighted by atomic mass is 16.6. The van der Waals surface area contributed by atoms with Crippen molar-refractivity contribution in [2.24, 2.45) is 0 Å². The number of rotatable bonds is 2. The Balaban J connectivity index is 2.18. The third-order valence-electron chi connectivity index (χ3n) is 2.80. The Kier molecular flexibility index (Phi) is 3.40. The third kappa shape index (κ3) is 2.39. The van der Waals surface area contributed by atoms with Gasteiger partial charge in [0.25, 0.3) is 5.91 Å². The normalized spacial score (nSPS) is 16.4. The second-order valence-electron chi connectivity index (χ2n) is 4.06. The van der Waals surface area contributed by atoms with E-state index in [-0.39, 0.29) is 11.7 Å². The summed E-state index contributed by atoms with van der Waals surface area (Å²) in [5.74, 6) is -1.52. The van der Waals surface area contributed by atoms with Crippen molar-refractivity contribution < 1.29 is 18.9 Å². The smallest absolute Gasteiger partial charge is 0.395 e. The number of carbonyl (C=O) groups excluding carboxylic acids is 2. The summed E-state index contributed by atoms with van der Waals surface area (Å²) in [6, 6.07) is 2.33. The number of hydrogen-bond donors (Lipinski definition) is 0. The van der Waals surface area contributed by atoms with Crippen molar-refractivity contribution in [2.75, 3.05) is 6.54 Å². The standard InChI is InChI=1S/C11H12N2O5/c14-9-4-2-1-3-7-12(9)11(15)8-5-6-10(18-8)13(16)17/h5-6H,1-4,7H2. The molecule has 1 aliphatic heterocycles. The zero-order valence-corrected chi connectivity index (χ0v) is 9.63. The molecule has 0 bridgehead atoms. The lowest BCUT2D eigenvalue weighted by atomic mass is 10.2. The number of amides is 2. The van der Waals surface area contributed by atoms with Crippen molar-refractivity contribution in [1.29, 1.82) is 0 Å². The van der Waals surface area contributed by atoms with E-state index in [1.807, 2.05) is 0 Å². The van der Waals surface area contributed by atoms with Crippen molar-refractivity contribution in [1.82, 2.24) is 4.90 Å². The lowest BCUT2D eigenvalue weighted by Crippen LogP contribution is -2.36. The predicted molar refractivity (Wildman–Crippen MR) is 59.9 cm³/mol. The largest absolute Gasteiger partial charge is 0.433 e. The van der Waals surface area contributed by atoms with Gasteiger partial charge in [0.05, 0.1) is 6.07 Å². The summed E-state index contributed by atoms with van der Waals surface area (Å²) in [6.45, 7) is 0.339. The van der Waals surface area contributed by atoms with Gasteiger partial charge in [-0.3, -0.25) is 24.6 Å². The maximum Gasteiger partial charge on any atom is 0.433 e. The topological polar surface area (TPSA) is 93.7 Å². The Morgan fingerprint density at radius 3 is 2.78 bits per heavy atom. The molecule has 18 heavy (non-hydrogen) atoms. The molecule has 0 aliphatic carbocycles. The molecule has 1 aromatic rings. The van der Waals surface area contributed by atoms with Gasteiger partial charge in [0, 0.05) is 13.0 Å². The Morgan fingerprint density at radius 2 is 2.11 bits per heavy atom. The molecule has 0 N–H and O–H groups in total. The van der Waals surface area contributed by atoms with Gasteiger partial charge in [-0.1, -0.05) is 6.42 Å². The van der Waals surface area contributed by atoms with Gasteiger partial charge in [0.2, 0.25) is 5.91 Å². The average molecular weight is 252 g/mol. The zero-order chi connectivity index (χ0) is 13.1. The number of nitro groups is 1. The quantitative estimate of drug-likeness (QED) is 0.454. The van der Waals surface area contributed by atoms with Gasteiger partial charge in [-0.05, 0) is 18.9 Å². The highest BCUT2D eigenvalue weighted by Gasteiger charge is 2.27. The monoisotopic (exact) mass is 252 g/mol. The van der Waals surface area contributed by atoms with Gasteiger partial charge in [-0.15, -0.1) is 0 Å². The molecule has 2 rings (SSSR count). The lowest BCUT2D eigenvalue weighted by molar-refractivity contribution is -0.402. The summed E-state index contributed by atoms with van der Waals surface area (Å²) < 4.78 is 4.81. The summed E-state index contributed by atoms with van der Waals surface area (Å²) in [4.78, 5) is 34.5. The van der Waals surface area contributed by atoms with Crippen LogP contribution in [0.15, 0.2) is 16.5 Å². The Morgan fingerprint density at radius 1 is 1.33 bits per heavy atom. The maximum atomic E-state index is 12.0. The van der Waals surface area contributed by atoms with E-state index in [4.69, 9.17) is 4.42 Å². The van der Waals surface area contributed by atoms with Crippen LogP contribution >= 0.6 is 0 Å². The van der Waals surface area contributed by atoms with Gasteiger partial charge in [-0.25, -0.2) is 0 Å². The number of hydrogen-bond acceptors (Lipinski definition) is 5. The van der Waals surface area contributed by atoms with E-state index in [0.717, 1.165) is 30.2 Å². The van der Waals surface area contributed by atoms with Gasteiger partial charge in [0.1, 0.15) is 4.92 Å². The number of likely N-dealkylation sites (tertiary alicyclic amines) is 1. The number of furan rings is 1. The minimum atomic E-state index is -0.721. The fourth-order valence-electron chi connectivity index (χ4n) is 1.87. The van der Waals surface area contributed by atoms with Crippen LogP contribution in [0.5, 0.6) is 0 Å².